The third-order valence-corrected chi connectivity index (χ3v) is 4.06. The molecule has 0 aromatic heterocycles. The molecule has 1 N–H and O–H groups in total. The smallest absolute Gasteiger partial charge is 0.236 e. The van der Waals surface area contributed by atoms with Crippen molar-refractivity contribution in [3.63, 3.8) is 0 Å². The van der Waals surface area contributed by atoms with E-state index in [9.17, 15) is 4.79 Å². The fraction of sp³-hybridized carbons (Fsp3) is 0.929. The number of carbonyl (C=O) groups excluding carboxylic acids is 1. The average molecular weight is 269 g/mol. The van der Waals surface area contributed by atoms with E-state index < -0.39 is 0 Å². The Labute approximate surface area is 116 Å². The maximum absolute atomic E-state index is 12.2. The highest BCUT2D eigenvalue weighted by Gasteiger charge is 2.21. The molecule has 19 heavy (non-hydrogen) atoms. The van der Waals surface area contributed by atoms with Crippen LogP contribution in [0.2, 0.25) is 0 Å². The van der Waals surface area contributed by atoms with Crippen molar-refractivity contribution in [2.75, 3.05) is 52.5 Å². The molecular formula is C14H27N3O2. The van der Waals surface area contributed by atoms with Gasteiger partial charge in [-0.3, -0.25) is 9.69 Å². The Morgan fingerprint density at radius 1 is 1.37 bits per heavy atom. The molecule has 2 aliphatic rings. The van der Waals surface area contributed by atoms with Crippen molar-refractivity contribution in [1.29, 1.82) is 0 Å². The Hall–Kier alpha value is -0.650. The molecular weight excluding hydrogens is 242 g/mol. The van der Waals surface area contributed by atoms with Gasteiger partial charge in [-0.25, -0.2) is 0 Å². The van der Waals surface area contributed by atoms with Crippen molar-refractivity contribution in [2.24, 2.45) is 0 Å². The normalized spacial score (nSPS) is 24.7. The van der Waals surface area contributed by atoms with Gasteiger partial charge in [-0.05, 0) is 25.9 Å². The Balaban J connectivity index is 1.75. The Morgan fingerprint density at radius 3 is 2.79 bits per heavy atom. The zero-order valence-electron chi connectivity index (χ0n) is 12.1. The first kappa shape index (κ1) is 14.8. The van der Waals surface area contributed by atoms with E-state index in [2.05, 4.69) is 17.1 Å². The second kappa shape index (κ2) is 7.82. The number of amides is 1. The number of hydrogen-bond donors (Lipinski definition) is 1. The van der Waals surface area contributed by atoms with E-state index >= 15 is 0 Å². The average Bonchev–Trinajstić information content (AvgIpc) is 2.48. The van der Waals surface area contributed by atoms with Gasteiger partial charge in [0, 0.05) is 25.7 Å². The predicted octanol–water partition coefficient (Wildman–Crippen LogP) is 0.309. The highest BCUT2D eigenvalue weighted by molar-refractivity contribution is 5.78. The number of nitrogens with zero attached hydrogens (tertiary/aromatic N) is 2. The van der Waals surface area contributed by atoms with Crippen molar-refractivity contribution in [3.05, 3.63) is 0 Å². The molecule has 0 radical (unpaired) electrons. The molecule has 2 fully saturated rings. The van der Waals surface area contributed by atoms with E-state index in [-0.39, 0.29) is 5.91 Å². The molecule has 1 unspecified atom stereocenters. The second-order valence-corrected chi connectivity index (χ2v) is 5.47. The molecule has 2 aliphatic heterocycles. The van der Waals surface area contributed by atoms with Crippen LogP contribution in [0.15, 0.2) is 0 Å². The first-order valence-electron chi connectivity index (χ1n) is 7.61. The quantitative estimate of drug-likeness (QED) is 0.780. The molecule has 0 aliphatic carbocycles. The van der Waals surface area contributed by atoms with Gasteiger partial charge >= 0.3 is 0 Å². The summed E-state index contributed by atoms with van der Waals surface area (Å²) in [4.78, 5) is 16.4. The van der Waals surface area contributed by atoms with E-state index in [0.29, 0.717) is 25.8 Å². The van der Waals surface area contributed by atoms with Gasteiger partial charge in [-0.15, -0.1) is 0 Å². The highest BCUT2D eigenvalue weighted by Crippen LogP contribution is 2.09. The summed E-state index contributed by atoms with van der Waals surface area (Å²) in [6, 6.07) is 0.561. The molecule has 110 valence electrons. The largest absolute Gasteiger partial charge is 0.378 e. The molecule has 2 heterocycles. The summed E-state index contributed by atoms with van der Waals surface area (Å²) >= 11 is 0. The number of likely N-dealkylation sites (N-methyl/N-ethyl adjacent to an activating group) is 1. The van der Waals surface area contributed by atoms with Gasteiger partial charge in [-0.2, -0.15) is 0 Å². The van der Waals surface area contributed by atoms with Crippen molar-refractivity contribution < 1.29 is 9.53 Å². The molecule has 0 bridgehead atoms. The second-order valence-electron chi connectivity index (χ2n) is 5.47. The van der Waals surface area contributed by atoms with Crippen molar-refractivity contribution >= 4 is 5.91 Å². The molecule has 5 heteroatoms. The van der Waals surface area contributed by atoms with Crippen LogP contribution in [0.4, 0.5) is 0 Å². The number of morpholine rings is 1. The lowest BCUT2D eigenvalue weighted by molar-refractivity contribution is -0.136. The monoisotopic (exact) mass is 269 g/mol. The van der Waals surface area contributed by atoms with E-state index in [1.54, 1.807) is 0 Å². The van der Waals surface area contributed by atoms with Crippen molar-refractivity contribution in [2.45, 2.75) is 32.2 Å². The van der Waals surface area contributed by atoms with Gasteiger partial charge in [0.1, 0.15) is 0 Å². The van der Waals surface area contributed by atoms with Crippen LogP contribution in [-0.4, -0.2) is 74.2 Å². The summed E-state index contributed by atoms with van der Waals surface area (Å²) in [6.45, 7) is 8.60. The van der Waals surface area contributed by atoms with Gasteiger partial charge in [0.15, 0.2) is 0 Å². The van der Waals surface area contributed by atoms with Gasteiger partial charge < -0.3 is 15.0 Å². The zero-order chi connectivity index (χ0) is 13.5. The number of hydrogen-bond acceptors (Lipinski definition) is 4. The van der Waals surface area contributed by atoms with E-state index in [1.807, 2.05) is 4.90 Å². The first-order chi connectivity index (χ1) is 9.29. The number of rotatable bonds is 5. The van der Waals surface area contributed by atoms with Crippen LogP contribution in [0.25, 0.3) is 0 Å². The molecule has 1 amide bonds. The van der Waals surface area contributed by atoms with E-state index in [1.165, 1.54) is 19.3 Å². The zero-order valence-corrected chi connectivity index (χ0v) is 12.1. The number of piperidine rings is 1. The van der Waals surface area contributed by atoms with Gasteiger partial charge in [0.05, 0.1) is 19.8 Å². The summed E-state index contributed by atoms with van der Waals surface area (Å²) in [5, 5.41) is 3.55. The highest BCUT2D eigenvalue weighted by atomic mass is 16.5. The lowest BCUT2D eigenvalue weighted by atomic mass is 10.0. The first-order valence-corrected chi connectivity index (χ1v) is 7.61. The Kier molecular flexibility index (Phi) is 6.07. The minimum absolute atomic E-state index is 0.251. The van der Waals surface area contributed by atoms with Crippen LogP contribution in [0.1, 0.15) is 26.2 Å². The Bertz CT molecular complexity index is 274. The van der Waals surface area contributed by atoms with Crippen LogP contribution in [0, 0.1) is 0 Å². The van der Waals surface area contributed by atoms with E-state index in [0.717, 1.165) is 32.7 Å². The molecule has 0 aromatic rings. The maximum Gasteiger partial charge on any atom is 0.236 e. The number of ether oxygens (including phenoxy) is 1. The van der Waals surface area contributed by atoms with Crippen LogP contribution in [-0.2, 0) is 9.53 Å². The molecule has 0 saturated carbocycles. The maximum atomic E-state index is 12.2. The van der Waals surface area contributed by atoms with Gasteiger partial charge in [0.25, 0.3) is 0 Å². The molecule has 0 spiro atoms. The topological polar surface area (TPSA) is 44.8 Å². The van der Waals surface area contributed by atoms with E-state index in [4.69, 9.17) is 4.74 Å². The van der Waals surface area contributed by atoms with Crippen LogP contribution in [0.5, 0.6) is 0 Å². The van der Waals surface area contributed by atoms with Gasteiger partial charge in [0.2, 0.25) is 5.91 Å². The summed E-state index contributed by atoms with van der Waals surface area (Å²) in [6.07, 6.45) is 3.84. The lowest BCUT2D eigenvalue weighted by Gasteiger charge is -2.32. The summed E-state index contributed by atoms with van der Waals surface area (Å²) in [5.74, 6) is 0.251. The van der Waals surface area contributed by atoms with Crippen molar-refractivity contribution in [3.8, 4) is 0 Å². The summed E-state index contributed by atoms with van der Waals surface area (Å²) in [7, 11) is 0. The number of carbonyl (C=O) groups is 1. The molecule has 0 aromatic carbocycles. The fourth-order valence-electron chi connectivity index (χ4n) is 2.80. The minimum Gasteiger partial charge on any atom is -0.378 e. The van der Waals surface area contributed by atoms with Crippen LogP contribution < -0.4 is 5.32 Å². The van der Waals surface area contributed by atoms with Crippen molar-refractivity contribution in [1.82, 2.24) is 15.1 Å². The Morgan fingerprint density at radius 2 is 2.16 bits per heavy atom. The third kappa shape index (κ3) is 4.75. The SMILES string of the molecule is CCN(CC(=O)N1CCOCC1)CC1CCCCN1. The van der Waals surface area contributed by atoms with Gasteiger partial charge in [-0.1, -0.05) is 13.3 Å². The summed E-state index contributed by atoms with van der Waals surface area (Å²) in [5.41, 5.74) is 0. The standard InChI is InChI=1S/C14H27N3O2/c1-2-16(11-13-5-3-4-6-15-13)12-14(18)17-7-9-19-10-8-17/h13,15H,2-12H2,1H3. The minimum atomic E-state index is 0.251. The lowest BCUT2D eigenvalue weighted by Crippen LogP contribution is -2.49. The third-order valence-electron chi connectivity index (χ3n) is 4.06. The predicted molar refractivity (Wildman–Crippen MR) is 75.2 cm³/mol. The molecule has 5 nitrogen and oxygen atoms in total. The molecule has 2 saturated heterocycles. The van der Waals surface area contributed by atoms with Crippen LogP contribution in [0.3, 0.4) is 0 Å². The molecule has 1 atom stereocenters. The fourth-order valence-corrected chi connectivity index (χ4v) is 2.80. The molecule has 2 rings (SSSR count). The number of nitrogens with one attached hydrogen (secondary N) is 1. The van der Waals surface area contributed by atoms with Crippen LogP contribution >= 0.6 is 0 Å². The summed E-state index contributed by atoms with van der Waals surface area (Å²) < 4.78 is 5.29.